The molecule has 2 unspecified atom stereocenters. The number of carbonyl (C=O) groups excluding carboxylic acids is 1. The van der Waals surface area contributed by atoms with Gasteiger partial charge in [0.25, 0.3) is 0 Å². The van der Waals surface area contributed by atoms with Crippen molar-refractivity contribution in [3.8, 4) is 17.2 Å². The Labute approximate surface area is 285 Å². The third-order valence-electron chi connectivity index (χ3n) is 6.61. The Morgan fingerprint density at radius 1 is 1.19 bits per heavy atom. The van der Waals surface area contributed by atoms with Gasteiger partial charge in [0.15, 0.2) is 5.78 Å². The number of oxime groups is 1. The molecule has 0 fully saturated rings. The van der Waals surface area contributed by atoms with Crippen LogP contribution in [0.25, 0.3) is 0 Å². The van der Waals surface area contributed by atoms with Gasteiger partial charge in [-0.25, -0.2) is 0 Å². The van der Waals surface area contributed by atoms with Gasteiger partial charge in [-0.3, -0.25) is 14.9 Å². The van der Waals surface area contributed by atoms with Crippen molar-refractivity contribution in [2.45, 2.75) is 64.8 Å². The maximum absolute atomic E-state index is 12.6. The van der Waals surface area contributed by atoms with Gasteiger partial charge in [0, 0.05) is 35.8 Å². The smallest absolute Gasteiger partial charge is 0.416 e. The quantitative estimate of drug-likeness (QED) is 0.0886. The number of hydrogen-bond donors (Lipinski definition) is 1. The molecule has 0 saturated heterocycles. The van der Waals surface area contributed by atoms with Gasteiger partial charge >= 0.3 is 11.9 Å². The molecule has 3 rings (SSSR count). The van der Waals surface area contributed by atoms with Gasteiger partial charge in [-0.2, -0.15) is 24.9 Å². The topological polar surface area (TPSA) is 120 Å². The molecule has 2 atom stereocenters. The molecule has 9 nitrogen and oxygen atoms in total. The number of aliphatic hydroxyl groups excluding tert-OH is 1. The summed E-state index contributed by atoms with van der Waals surface area (Å²) in [6, 6.07) is 6.40. The summed E-state index contributed by atoms with van der Waals surface area (Å²) in [5, 5.41) is 25.5. The fourth-order valence-electron chi connectivity index (χ4n) is 4.64. The SMILES string of the molecule is CCOc1cc(Oc2ccc(C(F)(F)F)cc2Cl)ccc1[N+](=O)[O-].CCSC(C)CC1CC(=O)C(/C(CC)=N/OC/C=C/Cl)=C(O)C1. The van der Waals surface area contributed by atoms with Gasteiger partial charge < -0.3 is 19.4 Å². The number of hydrogen-bond acceptors (Lipinski definition) is 9. The van der Waals surface area contributed by atoms with Gasteiger partial charge in [0.2, 0.25) is 5.75 Å². The highest BCUT2D eigenvalue weighted by atomic mass is 35.5. The Balaban J connectivity index is 0.000000327. The largest absolute Gasteiger partial charge is 0.511 e. The molecular formula is C32H37Cl2F3N2O7S. The Hall–Kier alpha value is -3.42. The van der Waals surface area contributed by atoms with Crippen LogP contribution in [-0.2, 0) is 15.8 Å². The summed E-state index contributed by atoms with van der Waals surface area (Å²) in [7, 11) is 0. The van der Waals surface area contributed by atoms with E-state index >= 15 is 0 Å². The first kappa shape index (κ1) is 39.8. The fraction of sp³-hybridized carbons (Fsp3) is 0.438. The molecule has 0 amide bonds. The Morgan fingerprint density at radius 3 is 2.47 bits per heavy atom. The van der Waals surface area contributed by atoms with E-state index in [4.69, 9.17) is 37.5 Å². The number of nitro groups is 1. The number of aliphatic hydroxyl groups is 1. The summed E-state index contributed by atoms with van der Waals surface area (Å²) in [5.41, 5.74) is 1.05. The van der Waals surface area contributed by atoms with E-state index in [1.165, 1.54) is 23.7 Å². The maximum atomic E-state index is 12.6. The number of nitrogens with zero attached hydrogens (tertiary/aromatic N) is 2. The highest BCUT2D eigenvalue weighted by Gasteiger charge is 2.32. The molecule has 1 aliphatic rings. The zero-order valence-corrected chi connectivity index (χ0v) is 28.6. The van der Waals surface area contributed by atoms with Crippen LogP contribution in [0.3, 0.4) is 0 Å². The summed E-state index contributed by atoms with van der Waals surface area (Å²) in [5.74, 6) is 1.50. The van der Waals surface area contributed by atoms with Crippen molar-refractivity contribution in [1.82, 2.24) is 0 Å². The minimum Gasteiger partial charge on any atom is -0.511 e. The van der Waals surface area contributed by atoms with Gasteiger partial charge in [-0.05, 0) is 61.8 Å². The van der Waals surface area contributed by atoms with E-state index in [1.54, 1.807) is 13.0 Å². The lowest BCUT2D eigenvalue weighted by atomic mass is 9.82. The van der Waals surface area contributed by atoms with Crippen LogP contribution >= 0.6 is 35.0 Å². The van der Waals surface area contributed by atoms with E-state index in [0.29, 0.717) is 35.8 Å². The predicted octanol–water partition coefficient (Wildman–Crippen LogP) is 10.3. The lowest BCUT2D eigenvalue weighted by Gasteiger charge is -2.25. The van der Waals surface area contributed by atoms with Gasteiger partial charge in [0.05, 0.1) is 33.4 Å². The zero-order valence-electron chi connectivity index (χ0n) is 26.3. The lowest BCUT2D eigenvalue weighted by Crippen LogP contribution is -2.26. The molecule has 2 aromatic carbocycles. The van der Waals surface area contributed by atoms with Crippen LogP contribution in [0.2, 0.25) is 5.02 Å². The minimum atomic E-state index is -4.52. The number of alkyl halides is 3. The van der Waals surface area contributed by atoms with E-state index in [0.717, 1.165) is 30.4 Å². The van der Waals surface area contributed by atoms with Crippen molar-refractivity contribution in [1.29, 1.82) is 0 Å². The second-order valence-corrected chi connectivity index (χ2v) is 12.5. The number of Topliss-reactive ketones (excluding diaryl/α,β-unsaturated/α-hetero) is 1. The van der Waals surface area contributed by atoms with Crippen molar-refractivity contribution >= 4 is 52.1 Å². The number of nitro benzene ring substituents is 1. The molecule has 0 heterocycles. The van der Waals surface area contributed by atoms with Crippen LogP contribution in [0.15, 0.2) is 64.5 Å². The van der Waals surface area contributed by atoms with Crippen molar-refractivity contribution in [2.75, 3.05) is 19.0 Å². The molecule has 1 aliphatic carbocycles. The molecule has 0 spiro atoms. The average molecular weight is 722 g/mol. The molecule has 47 heavy (non-hydrogen) atoms. The van der Waals surface area contributed by atoms with Crippen molar-refractivity contribution in [2.24, 2.45) is 11.1 Å². The number of allylic oxidation sites excluding steroid dienone is 2. The standard InChI is InChI=1S/C17H26ClNO3S.C15H11ClF3NO4/c1-4-14(19-22-8-6-7-18)17-15(20)10-13(11-16(17)21)9-12(3)23-5-2;1-2-23-14-8-10(4-5-12(14)20(21)22)24-13-6-3-9(7-11(13)16)15(17,18)19/h6-7,12-13,20H,4-5,8-11H2,1-3H3;3-8H,2H2,1H3/b7-6+,19-14+;. The number of carbonyl (C=O) groups is 1. The lowest BCUT2D eigenvalue weighted by molar-refractivity contribution is -0.385. The molecule has 0 bridgehead atoms. The fourth-order valence-corrected chi connectivity index (χ4v) is 5.91. The van der Waals surface area contributed by atoms with Crippen molar-refractivity contribution in [3.63, 3.8) is 0 Å². The van der Waals surface area contributed by atoms with E-state index < -0.39 is 16.7 Å². The summed E-state index contributed by atoms with van der Waals surface area (Å²) < 4.78 is 48.4. The first-order valence-corrected chi connectivity index (χ1v) is 16.6. The maximum Gasteiger partial charge on any atom is 0.416 e. The summed E-state index contributed by atoms with van der Waals surface area (Å²) in [4.78, 5) is 27.9. The van der Waals surface area contributed by atoms with E-state index in [9.17, 15) is 33.2 Å². The Kier molecular flexibility index (Phi) is 16.4. The summed E-state index contributed by atoms with van der Waals surface area (Å²) >= 11 is 13.1. The van der Waals surface area contributed by atoms with Crippen molar-refractivity contribution in [3.05, 3.63) is 80.0 Å². The number of benzene rings is 2. The third-order valence-corrected chi connectivity index (χ3v) is 8.18. The van der Waals surface area contributed by atoms with Gasteiger partial charge in [0.1, 0.15) is 23.9 Å². The van der Waals surface area contributed by atoms with E-state index in [2.05, 4.69) is 19.0 Å². The van der Waals surface area contributed by atoms with Gasteiger partial charge in [-0.15, -0.1) is 0 Å². The van der Waals surface area contributed by atoms with Crippen LogP contribution in [0.1, 0.15) is 58.9 Å². The van der Waals surface area contributed by atoms with Crippen LogP contribution in [0.5, 0.6) is 17.2 Å². The molecule has 0 aliphatic heterocycles. The average Bonchev–Trinajstić information content (AvgIpc) is 2.99. The molecule has 2 aromatic rings. The summed E-state index contributed by atoms with van der Waals surface area (Å²) in [6.07, 6.45) is -0.430. The number of halogens is 5. The minimum absolute atomic E-state index is 0.0111. The number of thioether (sulfide) groups is 1. The first-order valence-electron chi connectivity index (χ1n) is 14.7. The monoisotopic (exact) mass is 720 g/mol. The second kappa shape index (κ2) is 19.4. The highest BCUT2D eigenvalue weighted by molar-refractivity contribution is 7.99. The molecule has 258 valence electrons. The molecule has 0 aromatic heterocycles. The number of rotatable bonds is 14. The van der Waals surface area contributed by atoms with Crippen molar-refractivity contribution < 1.29 is 42.3 Å². The van der Waals surface area contributed by atoms with E-state index in [1.807, 2.05) is 18.7 Å². The van der Waals surface area contributed by atoms with Gasteiger partial charge in [-0.1, -0.05) is 49.1 Å². The summed E-state index contributed by atoms with van der Waals surface area (Å²) in [6.45, 7) is 8.29. The molecule has 0 radical (unpaired) electrons. The second-order valence-electron chi connectivity index (χ2n) is 10.1. The number of ketones is 1. The molecular weight excluding hydrogens is 684 g/mol. The van der Waals surface area contributed by atoms with E-state index in [-0.39, 0.29) is 58.6 Å². The van der Waals surface area contributed by atoms with Crippen LogP contribution in [0.4, 0.5) is 18.9 Å². The van der Waals surface area contributed by atoms with Crippen LogP contribution in [0, 0.1) is 16.0 Å². The number of ether oxygens (including phenoxy) is 2. The zero-order chi connectivity index (χ0) is 35.1. The van der Waals surface area contributed by atoms with Crippen LogP contribution in [-0.4, -0.2) is 45.7 Å². The highest BCUT2D eigenvalue weighted by Crippen LogP contribution is 2.38. The molecule has 0 saturated carbocycles. The Bertz CT molecular complexity index is 1470. The molecule has 1 N–H and O–H groups in total. The normalized spacial score (nSPS) is 16.1. The Morgan fingerprint density at radius 2 is 1.91 bits per heavy atom. The third kappa shape index (κ3) is 12.6. The first-order chi connectivity index (χ1) is 22.2. The molecule has 15 heteroatoms. The predicted molar refractivity (Wildman–Crippen MR) is 179 cm³/mol. The van der Waals surface area contributed by atoms with Crippen LogP contribution < -0.4 is 9.47 Å².